The fourth-order valence-corrected chi connectivity index (χ4v) is 2.39. The van der Waals surface area contributed by atoms with Crippen molar-refractivity contribution in [1.29, 1.82) is 0 Å². The van der Waals surface area contributed by atoms with Gasteiger partial charge in [0.05, 0.1) is 13.2 Å². The molecular formula is C10H18NO. The van der Waals surface area contributed by atoms with Gasteiger partial charge in [-0.05, 0) is 19.8 Å². The second-order valence-corrected chi connectivity index (χ2v) is 4.03. The van der Waals surface area contributed by atoms with E-state index < -0.39 is 0 Å². The molecule has 0 N–H and O–H groups in total. The third-order valence-electron chi connectivity index (χ3n) is 3.22. The number of hydrogen-bond donors (Lipinski definition) is 0. The van der Waals surface area contributed by atoms with Gasteiger partial charge >= 0.3 is 0 Å². The van der Waals surface area contributed by atoms with Gasteiger partial charge in [0.25, 0.3) is 0 Å². The quantitative estimate of drug-likeness (QED) is 0.588. The third kappa shape index (κ3) is 1.50. The minimum atomic E-state index is 0.268. The second-order valence-electron chi connectivity index (χ2n) is 4.03. The lowest BCUT2D eigenvalue weighted by Crippen LogP contribution is -2.50. The number of rotatable bonds is 1. The summed E-state index contributed by atoms with van der Waals surface area (Å²) >= 11 is 0. The molecule has 1 saturated carbocycles. The molecule has 1 heterocycles. The molecule has 1 aliphatic carbocycles. The Kier molecular flexibility index (Phi) is 2.37. The average Bonchev–Trinajstić information content (AvgIpc) is 2.55. The smallest absolute Gasteiger partial charge is 0.0594 e. The molecule has 0 aromatic carbocycles. The van der Waals surface area contributed by atoms with E-state index in [-0.39, 0.29) is 5.54 Å². The van der Waals surface area contributed by atoms with Crippen molar-refractivity contribution in [3.8, 4) is 0 Å². The number of hydrogen-bond acceptors (Lipinski definition) is 2. The van der Waals surface area contributed by atoms with Crippen molar-refractivity contribution in [2.75, 3.05) is 26.3 Å². The van der Waals surface area contributed by atoms with Gasteiger partial charge in [0.1, 0.15) is 0 Å². The molecule has 2 nitrogen and oxygen atoms in total. The zero-order chi connectivity index (χ0) is 8.44. The van der Waals surface area contributed by atoms with E-state index in [2.05, 4.69) is 11.8 Å². The molecule has 0 amide bonds. The van der Waals surface area contributed by atoms with Crippen LogP contribution in [-0.2, 0) is 4.74 Å². The van der Waals surface area contributed by atoms with Crippen LogP contribution in [0.15, 0.2) is 0 Å². The molecule has 0 aromatic heterocycles. The molecule has 1 radical (unpaired) electrons. The highest BCUT2D eigenvalue weighted by molar-refractivity contribution is 4.97. The van der Waals surface area contributed by atoms with Crippen LogP contribution >= 0.6 is 0 Å². The summed E-state index contributed by atoms with van der Waals surface area (Å²) in [6, 6.07) is 0. The van der Waals surface area contributed by atoms with E-state index in [0.29, 0.717) is 0 Å². The molecule has 1 saturated heterocycles. The van der Waals surface area contributed by atoms with E-state index in [0.717, 1.165) is 26.3 Å². The molecule has 69 valence electrons. The third-order valence-corrected chi connectivity index (χ3v) is 3.22. The predicted molar refractivity (Wildman–Crippen MR) is 48.9 cm³/mol. The van der Waals surface area contributed by atoms with Crippen molar-refractivity contribution < 1.29 is 4.74 Å². The second kappa shape index (κ2) is 3.35. The lowest BCUT2D eigenvalue weighted by molar-refractivity contribution is -0.00493. The van der Waals surface area contributed by atoms with E-state index in [1.807, 2.05) is 0 Å². The zero-order valence-electron chi connectivity index (χ0n) is 7.72. The van der Waals surface area contributed by atoms with Gasteiger partial charge in [0.15, 0.2) is 0 Å². The van der Waals surface area contributed by atoms with Gasteiger partial charge in [-0.3, -0.25) is 4.90 Å². The molecule has 12 heavy (non-hydrogen) atoms. The molecule has 0 bridgehead atoms. The van der Waals surface area contributed by atoms with Crippen molar-refractivity contribution in [2.24, 2.45) is 0 Å². The first-order valence-corrected chi connectivity index (χ1v) is 4.99. The van der Waals surface area contributed by atoms with Gasteiger partial charge in [0, 0.05) is 18.6 Å². The molecular weight excluding hydrogens is 150 g/mol. The maximum atomic E-state index is 5.33. The Bertz CT molecular complexity index is 146. The summed E-state index contributed by atoms with van der Waals surface area (Å²) < 4.78 is 5.33. The summed E-state index contributed by atoms with van der Waals surface area (Å²) in [5, 5.41) is 0. The SMILES string of the molecule is [CH2]C1(N2CCOCC2)CCCC1. The summed E-state index contributed by atoms with van der Waals surface area (Å²) in [5.41, 5.74) is 0.268. The fourth-order valence-electron chi connectivity index (χ4n) is 2.39. The summed E-state index contributed by atoms with van der Waals surface area (Å²) in [6.45, 7) is 8.34. The molecule has 2 heteroatoms. The Morgan fingerprint density at radius 2 is 1.67 bits per heavy atom. The Balaban J connectivity index is 1.96. The lowest BCUT2D eigenvalue weighted by atomic mass is 9.97. The van der Waals surface area contributed by atoms with Gasteiger partial charge in [0.2, 0.25) is 0 Å². The minimum Gasteiger partial charge on any atom is -0.379 e. The van der Waals surface area contributed by atoms with E-state index in [4.69, 9.17) is 4.74 Å². The van der Waals surface area contributed by atoms with E-state index >= 15 is 0 Å². The van der Waals surface area contributed by atoms with Crippen molar-refractivity contribution in [2.45, 2.75) is 31.2 Å². The van der Waals surface area contributed by atoms with Crippen LogP contribution in [0.1, 0.15) is 25.7 Å². The fraction of sp³-hybridized carbons (Fsp3) is 0.900. The first-order valence-electron chi connectivity index (χ1n) is 4.99. The van der Waals surface area contributed by atoms with E-state index in [9.17, 15) is 0 Å². The molecule has 1 aliphatic heterocycles. The van der Waals surface area contributed by atoms with Gasteiger partial charge in [-0.15, -0.1) is 0 Å². The van der Waals surface area contributed by atoms with Crippen LogP contribution in [0.2, 0.25) is 0 Å². The maximum Gasteiger partial charge on any atom is 0.0594 e. The molecule has 0 atom stereocenters. The van der Waals surface area contributed by atoms with Crippen molar-refractivity contribution in [3.05, 3.63) is 6.92 Å². The minimum absolute atomic E-state index is 0.268. The summed E-state index contributed by atoms with van der Waals surface area (Å²) in [7, 11) is 0. The maximum absolute atomic E-state index is 5.33. The lowest BCUT2D eigenvalue weighted by Gasteiger charge is -2.40. The monoisotopic (exact) mass is 168 g/mol. The van der Waals surface area contributed by atoms with Crippen LogP contribution in [0.4, 0.5) is 0 Å². The Morgan fingerprint density at radius 3 is 2.25 bits per heavy atom. The van der Waals surface area contributed by atoms with Gasteiger partial charge < -0.3 is 4.74 Å². The Morgan fingerprint density at radius 1 is 1.08 bits per heavy atom. The molecule has 2 aliphatic rings. The Hall–Kier alpha value is -0.0800. The number of ether oxygens (including phenoxy) is 1. The largest absolute Gasteiger partial charge is 0.379 e. The van der Waals surface area contributed by atoms with Crippen molar-refractivity contribution in [3.63, 3.8) is 0 Å². The highest BCUT2D eigenvalue weighted by Crippen LogP contribution is 2.34. The van der Waals surface area contributed by atoms with E-state index in [1.165, 1.54) is 25.7 Å². The highest BCUT2D eigenvalue weighted by Gasteiger charge is 2.35. The van der Waals surface area contributed by atoms with E-state index in [1.54, 1.807) is 0 Å². The Labute approximate surface area is 74.9 Å². The van der Waals surface area contributed by atoms with Gasteiger partial charge in [-0.1, -0.05) is 12.8 Å². The van der Waals surface area contributed by atoms with Crippen LogP contribution in [0.3, 0.4) is 0 Å². The van der Waals surface area contributed by atoms with Crippen LogP contribution in [0.25, 0.3) is 0 Å². The summed E-state index contributed by atoms with van der Waals surface area (Å²) in [4.78, 5) is 2.52. The van der Waals surface area contributed by atoms with Crippen LogP contribution in [-0.4, -0.2) is 36.7 Å². The predicted octanol–water partition coefficient (Wildman–Crippen LogP) is 1.47. The van der Waals surface area contributed by atoms with Crippen molar-refractivity contribution >= 4 is 0 Å². The first-order chi connectivity index (χ1) is 5.81. The summed E-state index contributed by atoms with van der Waals surface area (Å²) in [5.74, 6) is 0. The van der Waals surface area contributed by atoms with Crippen LogP contribution in [0, 0.1) is 6.92 Å². The average molecular weight is 168 g/mol. The standard InChI is InChI=1S/C10H18NO/c1-10(4-2-3-5-10)11-6-8-12-9-7-11/h1-9H2. The zero-order valence-corrected chi connectivity index (χ0v) is 7.72. The van der Waals surface area contributed by atoms with Crippen LogP contribution < -0.4 is 0 Å². The topological polar surface area (TPSA) is 12.5 Å². The van der Waals surface area contributed by atoms with Gasteiger partial charge in [-0.25, -0.2) is 0 Å². The molecule has 2 rings (SSSR count). The summed E-state index contributed by atoms with van der Waals surface area (Å²) in [6.07, 6.45) is 5.29. The normalized spacial score (nSPS) is 30.8. The van der Waals surface area contributed by atoms with Crippen LogP contribution in [0.5, 0.6) is 0 Å². The molecule has 2 fully saturated rings. The number of nitrogens with zero attached hydrogens (tertiary/aromatic N) is 1. The van der Waals surface area contributed by atoms with Crippen molar-refractivity contribution in [1.82, 2.24) is 4.90 Å². The first kappa shape index (κ1) is 8.52. The molecule has 0 aromatic rings. The molecule has 0 spiro atoms. The highest BCUT2D eigenvalue weighted by atomic mass is 16.5. The molecule has 0 unspecified atom stereocenters. The number of morpholine rings is 1. The van der Waals surface area contributed by atoms with Gasteiger partial charge in [-0.2, -0.15) is 0 Å².